The van der Waals surface area contributed by atoms with Crippen molar-refractivity contribution in [3.63, 3.8) is 0 Å². The third-order valence-electron chi connectivity index (χ3n) is 3.37. The summed E-state index contributed by atoms with van der Waals surface area (Å²) < 4.78 is 31.9. The first kappa shape index (κ1) is 18.9. The van der Waals surface area contributed by atoms with Crippen molar-refractivity contribution in [2.45, 2.75) is 31.7 Å². The van der Waals surface area contributed by atoms with Gasteiger partial charge in [0.05, 0.1) is 6.04 Å². The largest absolute Gasteiger partial charge is 0.360 e. The summed E-state index contributed by atoms with van der Waals surface area (Å²) in [6.07, 6.45) is 0. The van der Waals surface area contributed by atoms with Crippen molar-refractivity contribution in [1.82, 2.24) is 20.1 Å². The number of piperazine rings is 1. The van der Waals surface area contributed by atoms with Gasteiger partial charge in [-0.25, -0.2) is 8.42 Å². The van der Waals surface area contributed by atoms with Gasteiger partial charge in [-0.05, 0) is 20.8 Å². The van der Waals surface area contributed by atoms with E-state index in [1.165, 1.54) is 6.92 Å². The van der Waals surface area contributed by atoms with Crippen LogP contribution in [0.1, 0.15) is 18.4 Å². The molecule has 1 fully saturated rings. The molecule has 0 bridgehead atoms. The first-order valence-corrected chi connectivity index (χ1v) is 8.26. The van der Waals surface area contributed by atoms with E-state index in [-0.39, 0.29) is 34.7 Å². The molecule has 2 N–H and O–H groups in total. The minimum Gasteiger partial charge on any atom is -0.360 e. The lowest BCUT2D eigenvalue weighted by Crippen LogP contribution is -2.53. The van der Waals surface area contributed by atoms with Crippen LogP contribution in [0.25, 0.3) is 0 Å². The molecule has 2 heterocycles. The first-order chi connectivity index (χ1) is 9.83. The Kier molecular flexibility index (Phi) is 6.36. The number of aromatic nitrogens is 1. The van der Waals surface area contributed by atoms with Gasteiger partial charge in [0.25, 0.3) is 0 Å². The Hall–Kier alpha value is -1.16. The van der Waals surface area contributed by atoms with E-state index in [9.17, 15) is 13.2 Å². The zero-order chi connectivity index (χ0) is 15.6. The summed E-state index contributed by atoms with van der Waals surface area (Å²) in [5.74, 6) is -0.0198. The van der Waals surface area contributed by atoms with Crippen LogP contribution >= 0.6 is 12.4 Å². The van der Waals surface area contributed by atoms with Crippen LogP contribution in [0.5, 0.6) is 0 Å². The second-order valence-corrected chi connectivity index (χ2v) is 6.72. The number of halogens is 1. The Bertz CT molecular complexity index is 606. The van der Waals surface area contributed by atoms with E-state index in [2.05, 4.69) is 15.2 Å². The molecule has 8 nitrogen and oxygen atoms in total. The maximum absolute atomic E-state index is 12.3. The quantitative estimate of drug-likeness (QED) is 0.778. The van der Waals surface area contributed by atoms with E-state index in [4.69, 9.17) is 4.52 Å². The van der Waals surface area contributed by atoms with Gasteiger partial charge in [-0.3, -0.25) is 4.79 Å². The summed E-state index contributed by atoms with van der Waals surface area (Å²) in [5.41, 5.74) is 0.279. The highest BCUT2D eigenvalue weighted by atomic mass is 35.5. The Labute approximate surface area is 136 Å². The van der Waals surface area contributed by atoms with Gasteiger partial charge < -0.3 is 14.7 Å². The summed E-state index contributed by atoms with van der Waals surface area (Å²) in [5, 5.41) is 6.77. The van der Waals surface area contributed by atoms with Gasteiger partial charge in [0, 0.05) is 26.2 Å². The fraction of sp³-hybridized carbons (Fsp3) is 0.667. The standard InChI is InChI=1S/C12H20N4O4S.ClH/c1-8-11(10(3)20-14-8)21(18,19)15-9(2)12(17)16-6-4-13-5-7-16;/h9,13,15H,4-7H2,1-3H3;1H. The number of rotatable bonds is 4. The topological polar surface area (TPSA) is 105 Å². The molecule has 1 aliphatic heterocycles. The third kappa shape index (κ3) is 3.97. The van der Waals surface area contributed by atoms with Gasteiger partial charge >= 0.3 is 0 Å². The van der Waals surface area contributed by atoms with Crippen LogP contribution in [0, 0.1) is 13.8 Å². The number of aryl methyl sites for hydroxylation is 2. The molecule has 1 saturated heterocycles. The number of hydrogen-bond acceptors (Lipinski definition) is 6. The monoisotopic (exact) mass is 352 g/mol. The van der Waals surface area contributed by atoms with Crippen molar-refractivity contribution < 1.29 is 17.7 Å². The molecular weight excluding hydrogens is 332 g/mol. The van der Waals surface area contributed by atoms with Crippen LogP contribution in [0.15, 0.2) is 9.42 Å². The predicted molar refractivity (Wildman–Crippen MR) is 82.5 cm³/mol. The summed E-state index contributed by atoms with van der Waals surface area (Å²) in [4.78, 5) is 13.9. The zero-order valence-corrected chi connectivity index (χ0v) is 14.4. The van der Waals surface area contributed by atoms with E-state index >= 15 is 0 Å². The van der Waals surface area contributed by atoms with Crippen LogP contribution in [0.3, 0.4) is 0 Å². The van der Waals surface area contributed by atoms with E-state index < -0.39 is 16.1 Å². The minimum absolute atomic E-state index is 0. The number of nitrogens with zero attached hydrogens (tertiary/aromatic N) is 2. The van der Waals surface area contributed by atoms with Gasteiger partial charge in [0.2, 0.25) is 15.9 Å². The molecule has 0 saturated carbocycles. The number of amides is 1. The number of hydrogen-bond donors (Lipinski definition) is 2. The molecule has 10 heteroatoms. The Balaban J connectivity index is 0.00000242. The van der Waals surface area contributed by atoms with Crippen molar-refractivity contribution in [3.05, 3.63) is 11.5 Å². The molecule has 0 radical (unpaired) electrons. The highest BCUT2D eigenvalue weighted by Crippen LogP contribution is 2.19. The number of carbonyl (C=O) groups is 1. The summed E-state index contributed by atoms with van der Waals surface area (Å²) >= 11 is 0. The molecule has 126 valence electrons. The van der Waals surface area contributed by atoms with Crippen molar-refractivity contribution in [2.75, 3.05) is 26.2 Å². The molecular formula is C12H21ClN4O4S. The molecule has 1 unspecified atom stereocenters. The van der Waals surface area contributed by atoms with Gasteiger partial charge in [0.1, 0.15) is 10.6 Å². The number of sulfonamides is 1. The van der Waals surface area contributed by atoms with E-state index in [0.717, 1.165) is 13.1 Å². The van der Waals surface area contributed by atoms with Crippen molar-refractivity contribution in [2.24, 2.45) is 0 Å². The Morgan fingerprint density at radius 2 is 1.95 bits per heavy atom. The van der Waals surface area contributed by atoms with Crippen LogP contribution in [-0.2, 0) is 14.8 Å². The van der Waals surface area contributed by atoms with Gasteiger partial charge in [0.15, 0.2) is 5.76 Å². The van der Waals surface area contributed by atoms with E-state index in [1.54, 1.807) is 18.7 Å². The molecule has 1 amide bonds. The van der Waals surface area contributed by atoms with Crippen molar-refractivity contribution in [3.8, 4) is 0 Å². The average Bonchev–Trinajstić information content (AvgIpc) is 2.78. The Morgan fingerprint density at radius 1 is 1.36 bits per heavy atom. The van der Waals surface area contributed by atoms with Crippen molar-refractivity contribution >= 4 is 28.3 Å². The van der Waals surface area contributed by atoms with Gasteiger partial charge in [-0.1, -0.05) is 5.16 Å². The van der Waals surface area contributed by atoms with Crippen molar-refractivity contribution in [1.29, 1.82) is 0 Å². The normalized spacial score (nSPS) is 17.0. The SMILES string of the molecule is Cc1noc(C)c1S(=O)(=O)NC(C)C(=O)N1CCNCC1.Cl. The lowest BCUT2D eigenvalue weighted by Gasteiger charge is -2.29. The molecule has 0 aromatic carbocycles. The second kappa shape index (κ2) is 7.40. The molecule has 2 rings (SSSR count). The smallest absolute Gasteiger partial charge is 0.246 e. The predicted octanol–water partition coefficient (Wildman–Crippen LogP) is -0.188. The number of nitrogens with one attached hydrogen (secondary N) is 2. The fourth-order valence-corrected chi connectivity index (χ4v) is 3.89. The van der Waals surface area contributed by atoms with E-state index in [1.807, 2.05) is 0 Å². The maximum atomic E-state index is 12.3. The lowest BCUT2D eigenvalue weighted by atomic mass is 10.2. The van der Waals surface area contributed by atoms with Crippen LogP contribution < -0.4 is 10.0 Å². The first-order valence-electron chi connectivity index (χ1n) is 6.77. The third-order valence-corrected chi connectivity index (χ3v) is 5.15. The molecule has 1 atom stereocenters. The molecule has 1 aromatic heterocycles. The molecule has 22 heavy (non-hydrogen) atoms. The molecule has 0 aliphatic carbocycles. The zero-order valence-electron chi connectivity index (χ0n) is 12.7. The fourth-order valence-electron chi connectivity index (χ4n) is 2.36. The second-order valence-electron chi connectivity index (χ2n) is 5.07. The molecule has 0 spiro atoms. The van der Waals surface area contributed by atoms with Gasteiger partial charge in [-0.2, -0.15) is 4.72 Å². The highest BCUT2D eigenvalue weighted by Gasteiger charge is 2.30. The summed E-state index contributed by atoms with van der Waals surface area (Å²) in [6, 6.07) is -0.832. The van der Waals surface area contributed by atoms with Crippen LogP contribution in [-0.4, -0.2) is 56.6 Å². The number of carbonyl (C=O) groups excluding carboxylic acids is 1. The van der Waals surface area contributed by atoms with Crippen LogP contribution in [0.2, 0.25) is 0 Å². The van der Waals surface area contributed by atoms with Gasteiger partial charge in [-0.15, -0.1) is 12.4 Å². The maximum Gasteiger partial charge on any atom is 0.246 e. The highest BCUT2D eigenvalue weighted by molar-refractivity contribution is 7.89. The van der Waals surface area contributed by atoms with Crippen LogP contribution in [0.4, 0.5) is 0 Å². The summed E-state index contributed by atoms with van der Waals surface area (Å²) in [7, 11) is -3.83. The van der Waals surface area contributed by atoms with E-state index in [0.29, 0.717) is 13.1 Å². The summed E-state index contributed by atoms with van der Waals surface area (Å²) in [6.45, 7) is 7.21. The molecule has 1 aliphatic rings. The Morgan fingerprint density at radius 3 is 2.45 bits per heavy atom. The average molecular weight is 353 g/mol. The minimum atomic E-state index is -3.83. The lowest BCUT2D eigenvalue weighted by molar-refractivity contribution is -0.133. The molecule has 1 aromatic rings.